The van der Waals surface area contributed by atoms with Crippen molar-refractivity contribution in [1.29, 1.82) is 0 Å². The number of para-hydroxylation sites is 4. The number of hydrogen-bond acceptors (Lipinski definition) is 2. The lowest BCUT2D eigenvalue weighted by Crippen LogP contribution is -2.06. The van der Waals surface area contributed by atoms with E-state index in [1.807, 2.05) is 36.4 Å². The molecule has 0 fully saturated rings. The lowest BCUT2D eigenvalue weighted by atomic mass is 10.1. The molecule has 0 radical (unpaired) electrons. The van der Waals surface area contributed by atoms with Gasteiger partial charge in [-0.25, -0.2) is 0 Å². The molecule has 4 nitrogen and oxygen atoms in total. The predicted molar refractivity (Wildman–Crippen MR) is 147 cm³/mol. The third-order valence-corrected chi connectivity index (χ3v) is 6.67. The van der Waals surface area contributed by atoms with E-state index in [4.69, 9.17) is 0 Å². The summed E-state index contributed by atoms with van der Waals surface area (Å²) < 4.78 is 4.53. The average Bonchev–Trinajstić information content (AvgIpc) is 3.54. The number of nitrogens with zero attached hydrogens (tertiary/aromatic N) is 4. The summed E-state index contributed by atoms with van der Waals surface area (Å²) in [5.41, 5.74) is 6.47. The molecule has 0 N–H and O–H groups in total. The van der Waals surface area contributed by atoms with Gasteiger partial charge in [-0.3, -0.25) is 4.57 Å². The van der Waals surface area contributed by atoms with Crippen LogP contribution in [-0.2, 0) is 0 Å². The van der Waals surface area contributed by atoms with Crippen LogP contribution in [-0.4, -0.2) is 19.3 Å². The van der Waals surface area contributed by atoms with Crippen LogP contribution in [0.15, 0.2) is 133 Å². The molecule has 0 bridgehead atoms. The summed E-state index contributed by atoms with van der Waals surface area (Å²) in [6.07, 6.45) is 0. The van der Waals surface area contributed by atoms with E-state index in [1.165, 1.54) is 21.8 Å². The first-order valence-corrected chi connectivity index (χ1v) is 12.0. The monoisotopic (exact) mass is 462 g/mol. The van der Waals surface area contributed by atoms with Crippen LogP contribution in [0.2, 0.25) is 0 Å². The highest BCUT2D eigenvalue weighted by molar-refractivity contribution is 6.09. The van der Waals surface area contributed by atoms with Crippen LogP contribution in [0.1, 0.15) is 0 Å². The van der Waals surface area contributed by atoms with Crippen molar-refractivity contribution in [2.24, 2.45) is 0 Å². The van der Waals surface area contributed by atoms with Crippen LogP contribution >= 0.6 is 0 Å². The molecule has 0 aliphatic heterocycles. The van der Waals surface area contributed by atoms with Crippen LogP contribution in [0, 0.1) is 0 Å². The molecule has 0 unspecified atom stereocenters. The maximum atomic E-state index is 4.69. The molecule has 0 aliphatic rings. The van der Waals surface area contributed by atoms with Crippen LogP contribution in [0.5, 0.6) is 0 Å². The van der Waals surface area contributed by atoms with Gasteiger partial charge in [-0.05, 0) is 24.3 Å². The molecule has 5 aromatic carbocycles. The van der Waals surface area contributed by atoms with Gasteiger partial charge in [0.05, 0.1) is 22.4 Å². The molecular formula is C32H22N4. The molecule has 2 aromatic heterocycles. The molecule has 0 aliphatic carbocycles. The van der Waals surface area contributed by atoms with E-state index in [9.17, 15) is 0 Å². The van der Waals surface area contributed by atoms with Crippen molar-refractivity contribution < 1.29 is 0 Å². The van der Waals surface area contributed by atoms with E-state index in [0.29, 0.717) is 0 Å². The predicted octanol–water partition coefficient (Wildman–Crippen LogP) is 7.70. The maximum Gasteiger partial charge on any atom is 0.168 e. The number of benzene rings is 5. The van der Waals surface area contributed by atoms with Crippen molar-refractivity contribution in [2.75, 3.05) is 0 Å². The Morgan fingerprint density at radius 3 is 1.25 bits per heavy atom. The smallest absolute Gasteiger partial charge is 0.168 e. The van der Waals surface area contributed by atoms with Crippen molar-refractivity contribution >= 4 is 21.8 Å². The zero-order valence-corrected chi connectivity index (χ0v) is 19.5. The molecule has 0 atom stereocenters. The molecule has 4 heteroatoms. The summed E-state index contributed by atoms with van der Waals surface area (Å²) in [5, 5.41) is 11.8. The summed E-state index contributed by atoms with van der Waals surface area (Å²) in [4.78, 5) is 0. The quantitative estimate of drug-likeness (QED) is 0.269. The average molecular weight is 463 g/mol. The van der Waals surface area contributed by atoms with Gasteiger partial charge in [0.25, 0.3) is 0 Å². The SMILES string of the molecule is c1ccc(-c2nnc(-c3ccccc3)n2-c2ccccc2-n2c3ccccc3c3ccccc32)cc1. The van der Waals surface area contributed by atoms with E-state index < -0.39 is 0 Å². The Bertz CT molecular complexity index is 1720. The van der Waals surface area contributed by atoms with E-state index >= 15 is 0 Å². The fourth-order valence-electron chi connectivity index (χ4n) is 5.09. The lowest BCUT2D eigenvalue weighted by Gasteiger charge is -2.17. The fourth-order valence-corrected chi connectivity index (χ4v) is 5.09. The number of hydrogen-bond donors (Lipinski definition) is 0. The van der Waals surface area contributed by atoms with Gasteiger partial charge in [-0.2, -0.15) is 0 Å². The Labute approximate surface area is 208 Å². The van der Waals surface area contributed by atoms with Gasteiger partial charge in [0, 0.05) is 21.9 Å². The number of aromatic nitrogens is 4. The van der Waals surface area contributed by atoms with Crippen LogP contribution in [0.25, 0.3) is 56.0 Å². The standard InChI is InChI=1S/C32H22N4/c1-3-13-23(14-4-1)31-33-34-32(24-15-5-2-6-16-24)36(31)30-22-12-11-21-29(30)35-27-19-9-7-17-25(27)26-18-8-10-20-28(26)35/h1-22H. The van der Waals surface area contributed by atoms with Crippen molar-refractivity contribution in [1.82, 2.24) is 19.3 Å². The molecule has 170 valence electrons. The summed E-state index contributed by atoms with van der Waals surface area (Å²) in [5.74, 6) is 1.62. The summed E-state index contributed by atoms with van der Waals surface area (Å²) in [6, 6.07) is 46.2. The van der Waals surface area contributed by atoms with Crippen LogP contribution in [0.3, 0.4) is 0 Å². The Morgan fingerprint density at radius 1 is 0.361 bits per heavy atom. The Balaban J connectivity index is 1.58. The second-order valence-corrected chi connectivity index (χ2v) is 8.77. The Kier molecular flexibility index (Phi) is 4.74. The molecule has 0 saturated carbocycles. The third-order valence-electron chi connectivity index (χ3n) is 6.67. The lowest BCUT2D eigenvalue weighted by molar-refractivity contribution is 1.03. The highest BCUT2D eigenvalue weighted by Gasteiger charge is 2.21. The molecule has 0 spiro atoms. The molecule has 0 saturated heterocycles. The number of rotatable bonds is 4. The Morgan fingerprint density at radius 2 is 0.750 bits per heavy atom. The summed E-state index contributed by atoms with van der Waals surface area (Å²) in [6.45, 7) is 0. The van der Waals surface area contributed by atoms with E-state index in [1.54, 1.807) is 0 Å². The molecule has 7 rings (SSSR count). The van der Waals surface area contributed by atoms with Crippen molar-refractivity contribution in [3.8, 4) is 34.2 Å². The molecule has 36 heavy (non-hydrogen) atoms. The summed E-state index contributed by atoms with van der Waals surface area (Å²) >= 11 is 0. The van der Waals surface area contributed by atoms with Crippen LogP contribution < -0.4 is 0 Å². The molecular weight excluding hydrogens is 440 g/mol. The second-order valence-electron chi connectivity index (χ2n) is 8.77. The zero-order valence-electron chi connectivity index (χ0n) is 19.5. The number of fused-ring (bicyclic) bond motifs is 3. The van der Waals surface area contributed by atoms with E-state index in [2.05, 4.69) is 116 Å². The first kappa shape index (κ1) is 20.4. The molecule has 7 aromatic rings. The minimum absolute atomic E-state index is 0.808. The first-order chi connectivity index (χ1) is 17.9. The zero-order chi connectivity index (χ0) is 23.9. The topological polar surface area (TPSA) is 35.6 Å². The van der Waals surface area contributed by atoms with Gasteiger partial charge in [0.1, 0.15) is 0 Å². The van der Waals surface area contributed by atoms with Crippen molar-refractivity contribution in [2.45, 2.75) is 0 Å². The maximum absolute atomic E-state index is 4.69. The molecule has 0 amide bonds. The summed E-state index contributed by atoms with van der Waals surface area (Å²) in [7, 11) is 0. The van der Waals surface area contributed by atoms with Crippen molar-refractivity contribution in [3.05, 3.63) is 133 Å². The highest BCUT2D eigenvalue weighted by atomic mass is 15.3. The fraction of sp³-hybridized carbons (Fsp3) is 0. The minimum atomic E-state index is 0.808. The van der Waals surface area contributed by atoms with Crippen LogP contribution in [0.4, 0.5) is 0 Å². The van der Waals surface area contributed by atoms with E-state index in [0.717, 1.165) is 34.2 Å². The van der Waals surface area contributed by atoms with Gasteiger partial charge in [0.15, 0.2) is 11.6 Å². The van der Waals surface area contributed by atoms with Gasteiger partial charge >= 0.3 is 0 Å². The highest BCUT2D eigenvalue weighted by Crippen LogP contribution is 2.36. The van der Waals surface area contributed by atoms with Crippen molar-refractivity contribution in [3.63, 3.8) is 0 Å². The van der Waals surface area contributed by atoms with Gasteiger partial charge in [-0.15, -0.1) is 10.2 Å². The second kappa shape index (κ2) is 8.36. The largest absolute Gasteiger partial charge is 0.307 e. The Hall–Kier alpha value is -4.96. The first-order valence-electron chi connectivity index (χ1n) is 12.0. The van der Waals surface area contributed by atoms with E-state index in [-0.39, 0.29) is 0 Å². The third kappa shape index (κ3) is 3.16. The van der Waals surface area contributed by atoms with Gasteiger partial charge in [0.2, 0.25) is 0 Å². The van der Waals surface area contributed by atoms with Gasteiger partial charge < -0.3 is 4.57 Å². The minimum Gasteiger partial charge on any atom is -0.307 e. The molecule has 2 heterocycles. The normalized spacial score (nSPS) is 11.3. The van der Waals surface area contributed by atoms with Gasteiger partial charge in [-0.1, -0.05) is 109 Å².